The summed E-state index contributed by atoms with van der Waals surface area (Å²) in [6.45, 7) is 3.99. The summed E-state index contributed by atoms with van der Waals surface area (Å²) in [6, 6.07) is 5.83. The van der Waals surface area contributed by atoms with Crippen molar-refractivity contribution in [3.8, 4) is 5.75 Å². The van der Waals surface area contributed by atoms with Crippen molar-refractivity contribution in [2.75, 3.05) is 19.7 Å². The van der Waals surface area contributed by atoms with Gasteiger partial charge in [-0.2, -0.15) is 0 Å². The number of aliphatic hydroxyl groups excluding tert-OH is 1. The second-order valence-corrected chi connectivity index (χ2v) is 6.07. The molecule has 2 N–H and O–H groups in total. The van der Waals surface area contributed by atoms with Crippen molar-refractivity contribution in [2.45, 2.75) is 38.7 Å². The molecule has 1 fully saturated rings. The van der Waals surface area contributed by atoms with Gasteiger partial charge in [-0.3, -0.25) is 0 Å². The largest absolute Gasteiger partial charge is 0.491 e. The first-order chi connectivity index (χ1) is 9.57. The molecule has 0 amide bonds. The third kappa shape index (κ3) is 4.76. The van der Waals surface area contributed by atoms with Crippen LogP contribution >= 0.6 is 0 Å². The summed E-state index contributed by atoms with van der Waals surface area (Å²) < 4.78 is 18.1. The molecule has 4 heteroatoms. The highest BCUT2D eigenvalue weighted by Gasteiger charge is 2.28. The van der Waals surface area contributed by atoms with Crippen molar-refractivity contribution in [1.29, 1.82) is 0 Å². The van der Waals surface area contributed by atoms with Gasteiger partial charge in [0.05, 0.1) is 0 Å². The average Bonchev–Trinajstić information content (AvgIpc) is 2.85. The van der Waals surface area contributed by atoms with E-state index in [1.54, 1.807) is 12.1 Å². The molecule has 1 saturated carbocycles. The first-order valence-electron chi connectivity index (χ1n) is 7.35. The van der Waals surface area contributed by atoms with Crippen LogP contribution in [-0.4, -0.2) is 30.9 Å². The van der Waals surface area contributed by atoms with Crippen LogP contribution in [0.15, 0.2) is 24.3 Å². The van der Waals surface area contributed by atoms with E-state index in [1.807, 2.05) is 0 Å². The second kappa shape index (κ2) is 7.04. The minimum absolute atomic E-state index is 0.218. The zero-order chi connectivity index (χ0) is 14.4. The zero-order valence-corrected chi connectivity index (χ0v) is 12.1. The molecular formula is C16H24FNO2. The average molecular weight is 281 g/mol. The Hall–Kier alpha value is -1.13. The summed E-state index contributed by atoms with van der Waals surface area (Å²) >= 11 is 0. The van der Waals surface area contributed by atoms with Crippen LogP contribution in [0.4, 0.5) is 4.39 Å². The predicted molar refractivity (Wildman–Crippen MR) is 77.3 cm³/mol. The number of rotatable bonds is 7. The molecule has 0 spiro atoms. The highest BCUT2D eigenvalue weighted by atomic mass is 19.1. The molecule has 0 aliphatic heterocycles. The lowest BCUT2D eigenvalue weighted by Gasteiger charge is -2.24. The van der Waals surface area contributed by atoms with Crippen molar-refractivity contribution in [2.24, 2.45) is 5.41 Å². The van der Waals surface area contributed by atoms with E-state index in [4.69, 9.17) is 4.74 Å². The van der Waals surface area contributed by atoms with Crippen LogP contribution in [0.1, 0.15) is 32.6 Å². The van der Waals surface area contributed by atoms with E-state index in [2.05, 4.69) is 12.2 Å². The maximum Gasteiger partial charge on any atom is 0.123 e. The van der Waals surface area contributed by atoms with Gasteiger partial charge in [-0.15, -0.1) is 0 Å². The van der Waals surface area contributed by atoms with Crippen LogP contribution in [0.3, 0.4) is 0 Å². The third-order valence-electron chi connectivity index (χ3n) is 4.00. The molecule has 1 aliphatic rings. The van der Waals surface area contributed by atoms with Crippen LogP contribution in [0, 0.1) is 11.2 Å². The van der Waals surface area contributed by atoms with E-state index in [-0.39, 0.29) is 12.4 Å². The fourth-order valence-electron chi connectivity index (χ4n) is 2.73. The zero-order valence-electron chi connectivity index (χ0n) is 12.1. The number of ether oxygens (including phenoxy) is 1. The van der Waals surface area contributed by atoms with Crippen molar-refractivity contribution in [1.82, 2.24) is 5.32 Å². The normalized spacial score (nSPS) is 18.9. The van der Waals surface area contributed by atoms with E-state index >= 15 is 0 Å². The number of hydrogen-bond donors (Lipinski definition) is 2. The van der Waals surface area contributed by atoms with Gasteiger partial charge in [0.25, 0.3) is 0 Å². The molecule has 1 aliphatic carbocycles. The van der Waals surface area contributed by atoms with Crippen molar-refractivity contribution >= 4 is 0 Å². The minimum atomic E-state index is -0.551. The molecule has 1 atom stereocenters. The van der Waals surface area contributed by atoms with E-state index in [0.717, 1.165) is 6.54 Å². The van der Waals surface area contributed by atoms with E-state index < -0.39 is 6.10 Å². The van der Waals surface area contributed by atoms with Crippen molar-refractivity contribution in [3.63, 3.8) is 0 Å². The molecular weight excluding hydrogens is 257 g/mol. The van der Waals surface area contributed by atoms with Gasteiger partial charge in [0.1, 0.15) is 24.3 Å². The lowest BCUT2D eigenvalue weighted by atomic mass is 9.89. The van der Waals surface area contributed by atoms with Crippen LogP contribution in [0.2, 0.25) is 0 Å². The highest BCUT2D eigenvalue weighted by Crippen LogP contribution is 2.36. The topological polar surface area (TPSA) is 41.5 Å². The third-order valence-corrected chi connectivity index (χ3v) is 4.00. The van der Waals surface area contributed by atoms with Gasteiger partial charge in [-0.25, -0.2) is 4.39 Å². The molecule has 0 bridgehead atoms. The minimum Gasteiger partial charge on any atom is -0.491 e. The molecule has 1 aromatic rings. The summed E-state index contributed by atoms with van der Waals surface area (Å²) in [7, 11) is 0. The summed E-state index contributed by atoms with van der Waals surface area (Å²) in [5.74, 6) is 0.289. The quantitative estimate of drug-likeness (QED) is 0.807. The SMILES string of the molecule is CC1(CNCC(O)COc2ccc(F)cc2)CCCC1. The Morgan fingerprint density at radius 1 is 1.30 bits per heavy atom. The van der Waals surface area contributed by atoms with Crippen LogP contribution < -0.4 is 10.1 Å². The van der Waals surface area contributed by atoms with E-state index in [9.17, 15) is 9.50 Å². The molecule has 0 saturated heterocycles. The number of hydrogen-bond acceptors (Lipinski definition) is 3. The van der Waals surface area contributed by atoms with Gasteiger partial charge in [0.15, 0.2) is 0 Å². The Kier molecular flexibility index (Phi) is 5.38. The lowest BCUT2D eigenvalue weighted by Crippen LogP contribution is -2.37. The Balaban J connectivity index is 1.62. The Morgan fingerprint density at radius 3 is 2.60 bits per heavy atom. The molecule has 20 heavy (non-hydrogen) atoms. The standard InChI is InChI=1S/C16H24FNO2/c1-16(8-2-3-9-16)12-18-10-14(19)11-20-15-6-4-13(17)5-7-15/h4-7,14,18-19H,2-3,8-12H2,1H3. The fraction of sp³-hybridized carbons (Fsp3) is 0.625. The Bertz CT molecular complexity index is 401. The summed E-state index contributed by atoms with van der Waals surface area (Å²) in [6.07, 6.45) is 4.61. The van der Waals surface area contributed by atoms with E-state index in [1.165, 1.54) is 37.8 Å². The molecule has 1 aromatic carbocycles. The summed E-state index contributed by atoms with van der Waals surface area (Å²) in [5.41, 5.74) is 0.386. The van der Waals surface area contributed by atoms with Crippen molar-refractivity contribution in [3.05, 3.63) is 30.1 Å². The molecule has 112 valence electrons. The monoisotopic (exact) mass is 281 g/mol. The maximum absolute atomic E-state index is 12.7. The highest BCUT2D eigenvalue weighted by molar-refractivity contribution is 5.22. The molecule has 0 heterocycles. The van der Waals surface area contributed by atoms with Crippen molar-refractivity contribution < 1.29 is 14.2 Å². The molecule has 0 aromatic heterocycles. The molecule has 3 nitrogen and oxygen atoms in total. The van der Waals surface area contributed by atoms with E-state index in [0.29, 0.717) is 17.7 Å². The predicted octanol–water partition coefficient (Wildman–Crippen LogP) is 2.74. The summed E-state index contributed by atoms with van der Waals surface area (Å²) in [5, 5.41) is 13.2. The van der Waals surface area contributed by atoms with Crippen LogP contribution in [0.25, 0.3) is 0 Å². The van der Waals surface area contributed by atoms with Gasteiger partial charge < -0.3 is 15.2 Å². The van der Waals surface area contributed by atoms with Gasteiger partial charge in [0.2, 0.25) is 0 Å². The fourth-order valence-corrected chi connectivity index (χ4v) is 2.73. The molecule has 0 radical (unpaired) electrons. The first kappa shape index (κ1) is 15.3. The number of aliphatic hydroxyl groups is 1. The van der Waals surface area contributed by atoms with Gasteiger partial charge >= 0.3 is 0 Å². The summed E-state index contributed by atoms with van der Waals surface area (Å²) in [4.78, 5) is 0. The second-order valence-electron chi connectivity index (χ2n) is 6.07. The van der Waals surface area contributed by atoms with Crippen LogP contribution in [0.5, 0.6) is 5.75 Å². The molecule has 2 rings (SSSR count). The number of halogens is 1. The number of nitrogens with one attached hydrogen (secondary N) is 1. The van der Waals surface area contributed by atoms with Gasteiger partial charge in [-0.1, -0.05) is 19.8 Å². The Labute approximate surface area is 120 Å². The lowest BCUT2D eigenvalue weighted by molar-refractivity contribution is 0.103. The number of benzene rings is 1. The van der Waals surface area contributed by atoms with Gasteiger partial charge in [-0.05, 0) is 42.5 Å². The van der Waals surface area contributed by atoms with Crippen LogP contribution in [-0.2, 0) is 0 Å². The Morgan fingerprint density at radius 2 is 1.95 bits per heavy atom. The maximum atomic E-state index is 12.7. The first-order valence-corrected chi connectivity index (χ1v) is 7.35. The van der Waals surface area contributed by atoms with Gasteiger partial charge in [0, 0.05) is 13.1 Å². The molecule has 1 unspecified atom stereocenters. The smallest absolute Gasteiger partial charge is 0.123 e.